The van der Waals surface area contributed by atoms with Gasteiger partial charge in [0, 0.05) is 18.4 Å². The van der Waals surface area contributed by atoms with E-state index >= 15 is 0 Å². The van der Waals surface area contributed by atoms with Gasteiger partial charge in [-0.05, 0) is 30.3 Å². The molecule has 0 saturated heterocycles. The monoisotopic (exact) mass is 266 g/mol. The van der Waals surface area contributed by atoms with Crippen LogP contribution in [0.25, 0.3) is 0 Å². The maximum absolute atomic E-state index is 12.4. The average Bonchev–Trinajstić information content (AvgIpc) is 2.45. The van der Waals surface area contributed by atoms with Crippen molar-refractivity contribution >= 4 is 23.0 Å². The molecule has 0 spiro atoms. The molecule has 100 valence electrons. The molecule has 0 aliphatic carbocycles. The Hall–Kier alpha value is -3.00. The summed E-state index contributed by atoms with van der Waals surface area (Å²) in [6, 6.07) is 13.7. The summed E-state index contributed by atoms with van der Waals surface area (Å²) in [5.74, 6) is -0.287. The van der Waals surface area contributed by atoms with E-state index in [1.165, 1.54) is 11.0 Å². The first-order valence-corrected chi connectivity index (χ1v) is 5.96. The third-order valence-electron chi connectivity index (χ3n) is 3.00. The number of nitrogens with two attached hydrogens (primary N) is 2. The predicted octanol–water partition coefficient (Wildman–Crippen LogP) is 2.00. The Bertz CT molecular complexity index is 703. The van der Waals surface area contributed by atoms with Gasteiger partial charge in [-0.25, -0.2) is 0 Å². The summed E-state index contributed by atoms with van der Waals surface area (Å²) in [6.45, 7) is 0. The zero-order chi connectivity index (χ0) is 14.7. The molecule has 2 rings (SSSR count). The fourth-order valence-corrected chi connectivity index (χ4v) is 1.93. The van der Waals surface area contributed by atoms with Gasteiger partial charge in [-0.3, -0.25) is 4.79 Å². The molecular weight excluding hydrogens is 252 g/mol. The van der Waals surface area contributed by atoms with Gasteiger partial charge < -0.3 is 16.4 Å². The minimum Gasteiger partial charge on any atom is -0.399 e. The third kappa shape index (κ3) is 2.40. The van der Waals surface area contributed by atoms with Crippen molar-refractivity contribution < 1.29 is 4.79 Å². The van der Waals surface area contributed by atoms with Gasteiger partial charge in [0.05, 0.1) is 16.8 Å². The first kappa shape index (κ1) is 13.4. The molecule has 5 heteroatoms. The van der Waals surface area contributed by atoms with Crippen molar-refractivity contribution in [2.45, 2.75) is 0 Å². The molecule has 2 aromatic carbocycles. The molecule has 5 nitrogen and oxygen atoms in total. The molecule has 20 heavy (non-hydrogen) atoms. The number of hydrogen-bond donors (Lipinski definition) is 2. The second-order valence-corrected chi connectivity index (χ2v) is 4.34. The minimum absolute atomic E-state index is 0.287. The zero-order valence-electron chi connectivity index (χ0n) is 11.0. The lowest BCUT2D eigenvalue weighted by Gasteiger charge is -2.19. The lowest BCUT2D eigenvalue weighted by atomic mass is 10.1. The van der Waals surface area contributed by atoms with Crippen molar-refractivity contribution in [1.29, 1.82) is 5.26 Å². The van der Waals surface area contributed by atoms with Crippen LogP contribution in [0.4, 0.5) is 17.1 Å². The van der Waals surface area contributed by atoms with Gasteiger partial charge in [-0.1, -0.05) is 12.1 Å². The first-order valence-electron chi connectivity index (χ1n) is 5.96. The highest BCUT2D eigenvalue weighted by molar-refractivity contribution is 6.09. The molecule has 0 heterocycles. The highest BCUT2D eigenvalue weighted by Gasteiger charge is 2.18. The van der Waals surface area contributed by atoms with Gasteiger partial charge in [-0.15, -0.1) is 0 Å². The molecule has 2 aromatic rings. The summed E-state index contributed by atoms with van der Waals surface area (Å²) < 4.78 is 0. The van der Waals surface area contributed by atoms with Crippen molar-refractivity contribution in [2.75, 3.05) is 23.4 Å². The van der Waals surface area contributed by atoms with E-state index < -0.39 is 0 Å². The number of hydrogen-bond acceptors (Lipinski definition) is 4. The Morgan fingerprint density at radius 3 is 2.55 bits per heavy atom. The van der Waals surface area contributed by atoms with E-state index in [1.54, 1.807) is 43.4 Å². The average molecular weight is 266 g/mol. The molecule has 4 N–H and O–H groups in total. The Balaban J connectivity index is 2.41. The van der Waals surface area contributed by atoms with Gasteiger partial charge in [0.1, 0.15) is 6.07 Å². The lowest BCUT2D eigenvalue weighted by molar-refractivity contribution is 0.0994. The Labute approximate surface area is 117 Å². The van der Waals surface area contributed by atoms with Crippen molar-refractivity contribution in [1.82, 2.24) is 0 Å². The van der Waals surface area contributed by atoms with Crippen LogP contribution in [0.2, 0.25) is 0 Å². The largest absolute Gasteiger partial charge is 0.399 e. The van der Waals surface area contributed by atoms with Crippen LogP contribution in [0.3, 0.4) is 0 Å². The molecule has 0 radical (unpaired) electrons. The standard InChI is InChI=1S/C15H14N4O/c1-19(14-5-3-2-4-10(14)9-16)15(20)12-7-6-11(17)8-13(12)18/h2-8H,17-18H2,1H3. The number of carbonyl (C=O) groups is 1. The van der Waals surface area contributed by atoms with Crippen molar-refractivity contribution in [3.8, 4) is 6.07 Å². The summed E-state index contributed by atoms with van der Waals surface area (Å²) >= 11 is 0. The van der Waals surface area contributed by atoms with E-state index in [4.69, 9.17) is 16.7 Å². The van der Waals surface area contributed by atoms with E-state index in [0.29, 0.717) is 28.2 Å². The van der Waals surface area contributed by atoms with Crippen molar-refractivity contribution in [3.63, 3.8) is 0 Å². The first-order chi connectivity index (χ1) is 9.54. The molecule has 0 fully saturated rings. The summed E-state index contributed by atoms with van der Waals surface area (Å²) in [5, 5.41) is 9.08. The summed E-state index contributed by atoms with van der Waals surface area (Å²) in [6.07, 6.45) is 0. The Kier molecular flexibility index (Phi) is 3.58. The van der Waals surface area contributed by atoms with Crippen LogP contribution in [0.15, 0.2) is 42.5 Å². The number of nitrogens with zero attached hydrogens (tertiary/aromatic N) is 2. The molecule has 0 aliphatic heterocycles. The number of amides is 1. The van der Waals surface area contributed by atoms with E-state index in [0.717, 1.165) is 0 Å². The lowest BCUT2D eigenvalue weighted by Crippen LogP contribution is -2.27. The fraction of sp³-hybridized carbons (Fsp3) is 0.0667. The maximum Gasteiger partial charge on any atom is 0.260 e. The van der Waals surface area contributed by atoms with Crippen LogP contribution in [0, 0.1) is 11.3 Å². The molecule has 0 bridgehead atoms. The maximum atomic E-state index is 12.4. The third-order valence-corrected chi connectivity index (χ3v) is 3.00. The normalized spacial score (nSPS) is 9.80. The zero-order valence-corrected chi connectivity index (χ0v) is 11.0. The number of nitrogen functional groups attached to an aromatic ring is 2. The number of anilines is 3. The van der Waals surface area contributed by atoms with Crippen molar-refractivity contribution in [3.05, 3.63) is 53.6 Å². The smallest absolute Gasteiger partial charge is 0.260 e. The topological polar surface area (TPSA) is 96.1 Å². The fourth-order valence-electron chi connectivity index (χ4n) is 1.93. The van der Waals surface area contributed by atoms with Crippen LogP contribution >= 0.6 is 0 Å². The SMILES string of the molecule is CN(C(=O)c1ccc(N)cc1N)c1ccccc1C#N. The Morgan fingerprint density at radius 2 is 1.90 bits per heavy atom. The molecule has 1 amide bonds. The highest BCUT2D eigenvalue weighted by Crippen LogP contribution is 2.23. The highest BCUT2D eigenvalue weighted by atomic mass is 16.2. The summed E-state index contributed by atoms with van der Waals surface area (Å²) in [4.78, 5) is 13.8. The van der Waals surface area contributed by atoms with Crippen molar-refractivity contribution in [2.24, 2.45) is 0 Å². The number of carbonyl (C=O) groups excluding carboxylic acids is 1. The molecule has 0 unspecified atom stereocenters. The number of benzene rings is 2. The molecule has 0 atom stereocenters. The van der Waals surface area contributed by atoms with Crippen LogP contribution in [-0.2, 0) is 0 Å². The molecular formula is C15H14N4O. The number of para-hydroxylation sites is 1. The molecule has 0 aliphatic rings. The summed E-state index contributed by atoms with van der Waals surface area (Å²) in [5.41, 5.74) is 13.6. The van der Waals surface area contributed by atoms with E-state index in [2.05, 4.69) is 6.07 Å². The van der Waals surface area contributed by atoms with Gasteiger partial charge in [0.15, 0.2) is 0 Å². The van der Waals surface area contributed by atoms with Gasteiger partial charge in [0.2, 0.25) is 0 Å². The quantitative estimate of drug-likeness (QED) is 0.812. The van der Waals surface area contributed by atoms with Gasteiger partial charge in [-0.2, -0.15) is 5.26 Å². The Morgan fingerprint density at radius 1 is 1.20 bits per heavy atom. The predicted molar refractivity (Wildman–Crippen MR) is 79.2 cm³/mol. The van der Waals surface area contributed by atoms with Crippen LogP contribution in [0.5, 0.6) is 0 Å². The molecule has 0 aromatic heterocycles. The number of rotatable bonds is 2. The van der Waals surface area contributed by atoms with Gasteiger partial charge in [0.25, 0.3) is 5.91 Å². The minimum atomic E-state index is -0.287. The second-order valence-electron chi connectivity index (χ2n) is 4.34. The van der Waals surface area contributed by atoms with E-state index in [-0.39, 0.29) is 5.91 Å². The van der Waals surface area contributed by atoms with Crippen LogP contribution < -0.4 is 16.4 Å². The van der Waals surface area contributed by atoms with E-state index in [1.807, 2.05) is 0 Å². The number of nitriles is 1. The molecule has 0 saturated carbocycles. The van der Waals surface area contributed by atoms with Crippen LogP contribution in [-0.4, -0.2) is 13.0 Å². The van der Waals surface area contributed by atoms with E-state index in [9.17, 15) is 4.79 Å². The second kappa shape index (κ2) is 5.33. The van der Waals surface area contributed by atoms with Gasteiger partial charge >= 0.3 is 0 Å². The van der Waals surface area contributed by atoms with Crippen LogP contribution in [0.1, 0.15) is 15.9 Å². The summed E-state index contributed by atoms with van der Waals surface area (Å²) in [7, 11) is 1.61.